The summed E-state index contributed by atoms with van der Waals surface area (Å²) in [5, 5.41) is 38.7. The largest absolute Gasteiger partial charge is 0.480 e. The first-order valence-corrected chi connectivity index (χ1v) is 40.2. The third-order valence-electron chi connectivity index (χ3n) is 21.0. The topological polar surface area (TPSA) is 380 Å². The number of nitrogen functional groups attached to an aromatic ring is 1. The zero-order valence-electron chi connectivity index (χ0n) is 65.9. The van der Waals surface area contributed by atoms with Gasteiger partial charge in [-0.2, -0.15) is 34.5 Å². The van der Waals surface area contributed by atoms with E-state index in [1.165, 1.54) is 54.8 Å². The molecule has 12 heterocycles. The van der Waals surface area contributed by atoms with E-state index in [2.05, 4.69) is 142 Å². The number of hydrogen-bond acceptors (Lipinski definition) is 25. The van der Waals surface area contributed by atoms with Gasteiger partial charge in [-0.1, -0.05) is 159 Å². The van der Waals surface area contributed by atoms with E-state index in [0.717, 1.165) is 175 Å². The molecule has 21 rings (SSSR count). The van der Waals surface area contributed by atoms with Gasteiger partial charge in [-0.05, 0) is 157 Å². The van der Waals surface area contributed by atoms with Crippen LogP contribution in [0.3, 0.4) is 0 Å². The van der Waals surface area contributed by atoms with Gasteiger partial charge in [0.25, 0.3) is 5.91 Å². The lowest BCUT2D eigenvalue weighted by Crippen LogP contribution is -2.27. The van der Waals surface area contributed by atoms with Crippen molar-refractivity contribution in [1.82, 2.24) is 84.4 Å². The number of hydrogen-bond donors (Lipinski definition) is 4. The van der Waals surface area contributed by atoms with Crippen molar-refractivity contribution >= 4 is 119 Å². The number of benzene rings is 6. The van der Waals surface area contributed by atoms with Crippen molar-refractivity contribution in [2.75, 3.05) is 30.6 Å². The zero-order valence-corrected chi connectivity index (χ0v) is 67.4. The molecule has 32 heteroatoms. The van der Waals surface area contributed by atoms with Crippen molar-refractivity contribution in [3.05, 3.63) is 277 Å². The maximum Gasteiger partial charge on any atom is 0.280 e. The predicted octanol–water partition coefficient (Wildman–Crippen LogP) is 21.3. The molecule has 0 atom stereocenters. The normalized spacial score (nSPS) is 13.8. The average molecular weight is 1660 g/mol. The molecule has 0 unspecified atom stereocenters. The first-order chi connectivity index (χ1) is 60.1. The van der Waals surface area contributed by atoms with Gasteiger partial charge in [0.2, 0.25) is 11.8 Å². The summed E-state index contributed by atoms with van der Waals surface area (Å²) in [5.74, 6) is 2.98. The summed E-state index contributed by atoms with van der Waals surface area (Å²) in [6.07, 6.45) is 35.0. The SMILES string of the molecule is COc1c(-c2ccc3nccnc3c2)c(Cl)nc2c(C3=CCCCC3)c(-c3ccccc3)nn12.COc1c(-c2ccc3nccnc3c2)c(Nc2ccon2)nc2c(C3=CCCCC3)c(-c3ccccc3)nn12.N=NN=NCl.Nc1ccon1.O=C1C(c2ccc3nccnc3c2)=C(Nc2ccon2)Cc2c(C3=CCCCC3)c(-c3ccccc3)nn21. The molecule has 0 amide bonds. The number of carbonyl (C=O) groups is 1. The van der Waals surface area contributed by atoms with Crippen LogP contribution in [0.5, 0.6) is 11.8 Å². The van der Waals surface area contributed by atoms with Crippen LogP contribution >= 0.6 is 23.4 Å². The number of anilines is 4. The summed E-state index contributed by atoms with van der Waals surface area (Å²) in [4.78, 5) is 50.9. The van der Waals surface area contributed by atoms with Gasteiger partial charge in [0.15, 0.2) is 28.7 Å². The zero-order chi connectivity index (χ0) is 83.3. The van der Waals surface area contributed by atoms with Crippen molar-refractivity contribution < 1.29 is 27.8 Å². The molecule has 4 aliphatic rings. The van der Waals surface area contributed by atoms with Crippen LogP contribution in [0.2, 0.25) is 5.15 Å². The molecule has 1 aliphatic heterocycles. The van der Waals surface area contributed by atoms with Crippen LogP contribution in [0.15, 0.2) is 272 Å². The lowest BCUT2D eigenvalue weighted by Gasteiger charge is -2.23. The van der Waals surface area contributed by atoms with Gasteiger partial charge in [0, 0.05) is 89.8 Å². The van der Waals surface area contributed by atoms with Crippen molar-refractivity contribution in [1.29, 1.82) is 5.53 Å². The third kappa shape index (κ3) is 16.7. The molecular weight excluding hydrogens is 1580 g/mol. The molecule has 0 saturated heterocycles. The van der Waals surface area contributed by atoms with Crippen molar-refractivity contribution in [2.24, 2.45) is 15.1 Å². The minimum Gasteiger partial charge on any atom is -0.480 e. The van der Waals surface area contributed by atoms with Gasteiger partial charge in [0.05, 0.1) is 92.6 Å². The highest BCUT2D eigenvalue weighted by Crippen LogP contribution is 2.47. The van der Waals surface area contributed by atoms with E-state index < -0.39 is 0 Å². The highest BCUT2D eigenvalue weighted by Gasteiger charge is 2.36. The Morgan fingerprint density at radius 3 is 1.33 bits per heavy atom. The van der Waals surface area contributed by atoms with Gasteiger partial charge >= 0.3 is 0 Å². The molecule has 0 radical (unpaired) electrons. The number of ether oxygens (including phenoxy) is 2. The molecular formula is C90H76Cl2N24O6. The highest BCUT2D eigenvalue weighted by molar-refractivity contribution is 6.32. The van der Waals surface area contributed by atoms with Crippen LogP contribution in [-0.4, -0.2) is 104 Å². The number of nitrogens with two attached hydrogens (primary N) is 1. The molecule has 6 aromatic carbocycles. The van der Waals surface area contributed by atoms with Gasteiger partial charge < -0.3 is 39.4 Å². The average Bonchev–Trinajstić information content (AvgIpc) is 1.59. The Morgan fingerprint density at radius 2 is 0.902 bits per heavy atom. The number of aromatic nitrogens is 17. The fourth-order valence-corrected chi connectivity index (χ4v) is 15.9. The van der Waals surface area contributed by atoms with Crippen LogP contribution in [0.1, 0.15) is 110 Å². The summed E-state index contributed by atoms with van der Waals surface area (Å²) >= 11 is 11.4. The first-order valence-electron chi connectivity index (χ1n) is 39.4. The van der Waals surface area contributed by atoms with E-state index in [9.17, 15) is 4.79 Å². The quantitative estimate of drug-likeness (QED) is 0.0396. The second-order valence-corrected chi connectivity index (χ2v) is 29.0. The molecule has 0 saturated carbocycles. The van der Waals surface area contributed by atoms with Crippen LogP contribution in [0.25, 0.3) is 123 Å². The Kier molecular flexibility index (Phi) is 23.9. The molecule has 5 N–H and O–H groups in total. The Hall–Kier alpha value is -15.2. The Morgan fingerprint density at radius 1 is 0.467 bits per heavy atom. The number of halogens is 2. The highest BCUT2D eigenvalue weighted by atomic mass is 35.5. The van der Waals surface area contributed by atoms with Gasteiger partial charge in [0.1, 0.15) is 46.8 Å². The molecule has 122 heavy (non-hydrogen) atoms. The maximum atomic E-state index is 14.3. The Bertz CT molecular complexity index is 6810. The monoisotopic (exact) mass is 1660 g/mol. The van der Waals surface area contributed by atoms with Crippen LogP contribution in [0.4, 0.5) is 23.3 Å². The van der Waals surface area contributed by atoms with Crippen LogP contribution in [0, 0.1) is 5.53 Å². The summed E-state index contributed by atoms with van der Waals surface area (Å²) in [6.45, 7) is 0. The molecule has 17 aromatic rings. The lowest BCUT2D eigenvalue weighted by atomic mass is 9.88. The van der Waals surface area contributed by atoms with Gasteiger partial charge in [-0.3, -0.25) is 34.7 Å². The Balaban J connectivity index is 0.000000122. The van der Waals surface area contributed by atoms with E-state index in [4.69, 9.17) is 66.6 Å². The van der Waals surface area contributed by atoms with Crippen molar-refractivity contribution in [2.45, 2.75) is 83.5 Å². The fourth-order valence-electron chi connectivity index (χ4n) is 15.6. The van der Waals surface area contributed by atoms with E-state index >= 15 is 0 Å². The number of rotatable bonds is 16. The summed E-state index contributed by atoms with van der Waals surface area (Å²) in [7, 11) is 3.29. The minimum atomic E-state index is -0.194. The van der Waals surface area contributed by atoms with Crippen molar-refractivity contribution in [3.8, 4) is 67.8 Å². The fraction of sp³-hybridized carbons (Fsp3) is 0.167. The molecule has 3 aliphatic carbocycles. The first kappa shape index (κ1) is 79.3. The number of nitrogens with one attached hydrogen (secondary N) is 3. The predicted molar refractivity (Wildman–Crippen MR) is 466 cm³/mol. The van der Waals surface area contributed by atoms with E-state index in [1.807, 2.05) is 114 Å². The third-order valence-corrected chi connectivity index (χ3v) is 21.3. The van der Waals surface area contributed by atoms with Gasteiger partial charge in [-0.15, -0.1) is 0 Å². The standard InChI is InChI=1S/C30H25N7O2.C30H24N6O2.C27H22ClN5O.C3H4N2O.ClHN4/c1-38-30-26(21-12-13-22-23(18-21)32-16-15-31-22)28(33-24-14-17-39-36-24)34-29-25(19-8-4-2-5-9-19)27(35-37(29)30)20-10-6-3-7-11-20;37-30-27(21-11-12-22-23(17-21)32-15-14-31-22)24(33-26-13-16-38-35-26)18-25-28(19-7-3-1-4-8-19)29(34-36(25)30)20-9-5-2-6-10-20;1-34-27-23(19-12-13-20-21(16-19)30-15-14-29-20)25(28)31-26-22(17-8-4-2-5-9-17)24(32-33(26)27)18-10-6-3-7-11-18;4-3-1-2-6-5-3;1-3-5-4-2/h3,6-8,10-18H,2,4-5,9H2,1H3,(H,33,34,36);2,5-7,9-17H,1,3-4,8,18H2,(H,33,35);3,6-8,10-16H,2,4-5,9H2,1H3;1-2H,(H2,4,5);2H. The second-order valence-electron chi connectivity index (χ2n) is 28.5. The minimum absolute atomic E-state index is 0.194. The smallest absolute Gasteiger partial charge is 0.280 e. The summed E-state index contributed by atoms with van der Waals surface area (Å²) in [5.41, 5.74) is 35.6. The lowest BCUT2D eigenvalue weighted by molar-refractivity contribution is 0.0958. The number of methoxy groups -OCH3 is 2. The molecule has 0 spiro atoms. The molecule has 30 nitrogen and oxygen atoms in total. The second kappa shape index (κ2) is 36.8. The van der Waals surface area contributed by atoms with E-state index in [0.29, 0.717) is 69.0 Å². The van der Waals surface area contributed by atoms with E-state index in [1.54, 1.807) is 78.8 Å². The summed E-state index contributed by atoms with van der Waals surface area (Å²) < 4.78 is 34.3. The number of carbonyl (C=O) groups excluding carboxylic acids is 1. The van der Waals surface area contributed by atoms with Gasteiger partial charge in [-0.25, -0.2) is 9.97 Å². The number of allylic oxidation sites excluding steroid dienone is 8. The van der Waals surface area contributed by atoms with E-state index in [-0.39, 0.29) is 5.91 Å². The number of nitrogens with zero attached hydrogens (tertiary/aromatic N) is 20. The number of fused-ring (bicyclic) bond motifs is 6. The Labute approximate surface area is 706 Å². The molecule has 0 fully saturated rings. The van der Waals surface area contributed by atoms with Crippen molar-refractivity contribution in [3.63, 3.8) is 0 Å². The van der Waals surface area contributed by atoms with Crippen LogP contribution in [-0.2, 0) is 6.42 Å². The van der Waals surface area contributed by atoms with Crippen LogP contribution < -0.4 is 25.8 Å². The molecule has 11 aromatic heterocycles. The maximum absolute atomic E-state index is 14.3. The molecule has 0 bridgehead atoms. The molecule has 606 valence electrons. The summed E-state index contributed by atoms with van der Waals surface area (Å²) in [6, 6.07) is 53.1.